The number of nitrogens with one attached hydrogen (secondary N) is 2. The van der Waals surface area contributed by atoms with E-state index in [4.69, 9.17) is 0 Å². The first-order chi connectivity index (χ1) is 9.63. The first-order valence-electron chi connectivity index (χ1n) is 6.33. The van der Waals surface area contributed by atoms with Gasteiger partial charge in [-0.15, -0.1) is 11.3 Å². The summed E-state index contributed by atoms with van der Waals surface area (Å²) in [5, 5.41) is 6.67. The third-order valence-electron chi connectivity index (χ3n) is 3.10. The molecule has 104 valence electrons. The molecule has 1 aliphatic rings. The molecule has 1 fully saturated rings. The zero-order valence-electron chi connectivity index (χ0n) is 11.0. The van der Waals surface area contributed by atoms with Crippen molar-refractivity contribution in [1.82, 2.24) is 15.2 Å². The van der Waals surface area contributed by atoms with Crippen LogP contribution in [-0.4, -0.2) is 41.5 Å². The molecule has 0 atom stereocenters. The maximum Gasteiger partial charge on any atom is 0.324 e. The number of thiazole rings is 1. The van der Waals surface area contributed by atoms with Crippen LogP contribution >= 0.6 is 11.3 Å². The summed E-state index contributed by atoms with van der Waals surface area (Å²) in [6.45, 7) is 3.03. The normalized spacial score (nSPS) is 14.7. The number of urea groups is 1. The van der Waals surface area contributed by atoms with Gasteiger partial charge in [0.25, 0.3) is 0 Å². The summed E-state index contributed by atoms with van der Waals surface area (Å²) in [4.78, 5) is 28.9. The van der Waals surface area contributed by atoms with Crippen molar-refractivity contribution in [1.29, 1.82) is 0 Å². The molecule has 0 bridgehead atoms. The van der Waals surface area contributed by atoms with Crippen LogP contribution in [0.3, 0.4) is 0 Å². The first-order valence-corrected chi connectivity index (χ1v) is 7.14. The summed E-state index contributed by atoms with van der Waals surface area (Å²) < 4.78 is 1.08. The molecule has 0 radical (unpaired) electrons. The number of amides is 3. The number of rotatable bonds is 3. The van der Waals surface area contributed by atoms with E-state index in [1.807, 2.05) is 25.1 Å². The fourth-order valence-electron chi connectivity index (χ4n) is 2.13. The van der Waals surface area contributed by atoms with E-state index in [1.165, 1.54) is 4.90 Å². The largest absolute Gasteiger partial charge is 0.376 e. The molecule has 3 rings (SSSR count). The van der Waals surface area contributed by atoms with Crippen LogP contribution in [0.25, 0.3) is 10.2 Å². The Balaban J connectivity index is 1.67. The number of carbonyl (C=O) groups excluding carboxylic acids is 2. The van der Waals surface area contributed by atoms with E-state index in [1.54, 1.807) is 11.3 Å². The highest BCUT2D eigenvalue weighted by Gasteiger charge is 2.25. The summed E-state index contributed by atoms with van der Waals surface area (Å²) in [5.41, 5.74) is 1.82. The van der Waals surface area contributed by atoms with Gasteiger partial charge in [-0.05, 0) is 25.1 Å². The number of carbonyl (C=O) groups is 2. The molecule has 20 heavy (non-hydrogen) atoms. The number of nitrogens with zero attached hydrogens (tertiary/aromatic N) is 2. The molecule has 7 heteroatoms. The van der Waals surface area contributed by atoms with Gasteiger partial charge in [-0.3, -0.25) is 9.69 Å². The third-order valence-corrected chi connectivity index (χ3v) is 4.03. The van der Waals surface area contributed by atoms with Gasteiger partial charge < -0.3 is 10.6 Å². The van der Waals surface area contributed by atoms with Crippen LogP contribution in [-0.2, 0) is 4.79 Å². The topological polar surface area (TPSA) is 74.3 Å². The zero-order chi connectivity index (χ0) is 14.1. The molecule has 2 heterocycles. The minimum atomic E-state index is -0.315. The van der Waals surface area contributed by atoms with Gasteiger partial charge in [0.05, 0.1) is 21.8 Å². The van der Waals surface area contributed by atoms with E-state index in [2.05, 4.69) is 15.6 Å². The van der Waals surface area contributed by atoms with Crippen molar-refractivity contribution < 1.29 is 9.59 Å². The van der Waals surface area contributed by atoms with Crippen LogP contribution in [0.15, 0.2) is 18.2 Å². The van der Waals surface area contributed by atoms with Gasteiger partial charge in [-0.1, -0.05) is 0 Å². The standard InChI is InChI=1S/C13H14N4O2S/c1-8-16-10-3-2-9(6-11(10)20-8)15-7-12(18)17-5-4-14-13(17)19/h2-3,6,15H,4-5,7H2,1H3,(H,14,19). The molecule has 3 amide bonds. The lowest BCUT2D eigenvalue weighted by Gasteiger charge is -2.13. The van der Waals surface area contributed by atoms with E-state index >= 15 is 0 Å². The van der Waals surface area contributed by atoms with Crippen LogP contribution < -0.4 is 10.6 Å². The molecule has 1 saturated heterocycles. The maximum atomic E-state index is 11.9. The first kappa shape index (κ1) is 12.9. The number of aryl methyl sites for hydroxylation is 1. The minimum absolute atomic E-state index is 0.108. The average molecular weight is 290 g/mol. The lowest BCUT2D eigenvalue weighted by Crippen LogP contribution is -2.37. The molecule has 1 aliphatic heterocycles. The molecule has 2 N–H and O–H groups in total. The van der Waals surface area contributed by atoms with Gasteiger partial charge in [0.2, 0.25) is 5.91 Å². The average Bonchev–Trinajstić information content (AvgIpc) is 3.00. The van der Waals surface area contributed by atoms with Crippen molar-refractivity contribution in [2.45, 2.75) is 6.92 Å². The number of aromatic nitrogens is 1. The van der Waals surface area contributed by atoms with Crippen molar-refractivity contribution >= 4 is 39.2 Å². The van der Waals surface area contributed by atoms with Crippen molar-refractivity contribution in [2.24, 2.45) is 0 Å². The maximum absolute atomic E-state index is 11.9. The van der Waals surface area contributed by atoms with E-state index < -0.39 is 0 Å². The summed E-state index contributed by atoms with van der Waals surface area (Å²) in [5.74, 6) is -0.222. The monoisotopic (exact) mass is 290 g/mol. The Hall–Kier alpha value is -2.15. The van der Waals surface area contributed by atoms with Gasteiger partial charge in [0.1, 0.15) is 0 Å². The molecular formula is C13H14N4O2S. The van der Waals surface area contributed by atoms with Crippen molar-refractivity contribution in [3.05, 3.63) is 23.2 Å². The predicted octanol–water partition coefficient (Wildman–Crippen LogP) is 1.57. The summed E-state index contributed by atoms with van der Waals surface area (Å²) in [7, 11) is 0. The lowest BCUT2D eigenvalue weighted by molar-refractivity contribution is -0.125. The highest BCUT2D eigenvalue weighted by atomic mass is 32.1. The Morgan fingerprint density at radius 3 is 3.15 bits per heavy atom. The van der Waals surface area contributed by atoms with Crippen LogP contribution in [0.4, 0.5) is 10.5 Å². The molecule has 6 nitrogen and oxygen atoms in total. The van der Waals surface area contributed by atoms with Crippen LogP contribution in [0.5, 0.6) is 0 Å². The zero-order valence-corrected chi connectivity index (χ0v) is 11.8. The molecule has 0 spiro atoms. The second-order valence-corrected chi connectivity index (χ2v) is 5.78. The van der Waals surface area contributed by atoms with E-state index in [0.717, 1.165) is 20.9 Å². The van der Waals surface area contributed by atoms with Gasteiger partial charge in [-0.2, -0.15) is 0 Å². The second kappa shape index (κ2) is 5.09. The smallest absolute Gasteiger partial charge is 0.324 e. The number of fused-ring (bicyclic) bond motifs is 1. The summed E-state index contributed by atoms with van der Waals surface area (Å²) in [6.07, 6.45) is 0. The van der Waals surface area contributed by atoms with Crippen molar-refractivity contribution in [3.8, 4) is 0 Å². The number of hydrogen-bond donors (Lipinski definition) is 2. The van der Waals surface area contributed by atoms with E-state index in [-0.39, 0.29) is 18.5 Å². The summed E-state index contributed by atoms with van der Waals surface area (Å²) >= 11 is 1.62. The minimum Gasteiger partial charge on any atom is -0.376 e. The van der Waals surface area contributed by atoms with Gasteiger partial charge in [0, 0.05) is 18.8 Å². The molecule has 0 saturated carbocycles. The van der Waals surface area contributed by atoms with Crippen LogP contribution in [0, 0.1) is 6.92 Å². The molecule has 2 aromatic rings. The molecule has 1 aromatic carbocycles. The SMILES string of the molecule is Cc1nc2ccc(NCC(=O)N3CCNC3=O)cc2s1. The highest BCUT2D eigenvalue weighted by molar-refractivity contribution is 7.18. The number of hydrogen-bond acceptors (Lipinski definition) is 5. The third kappa shape index (κ3) is 2.44. The van der Waals surface area contributed by atoms with Crippen molar-refractivity contribution in [2.75, 3.05) is 25.0 Å². The Kier molecular flexibility index (Phi) is 3.27. The second-order valence-electron chi connectivity index (χ2n) is 4.55. The molecule has 0 unspecified atom stereocenters. The Labute approximate surface area is 119 Å². The van der Waals surface area contributed by atoms with Crippen LogP contribution in [0.2, 0.25) is 0 Å². The van der Waals surface area contributed by atoms with Gasteiger partial charge >= 0.3 is 6.03 Å². The molecule has 0 aliphatic carbocycles. The lowest BCUT2D eigenvalue weighted by atomic mass is 10.3. The highest BCUT2D eigenvalue weighted by Crippen LogP contribution is 2.24. The Bertz CT molecular complexity index is 682. The summed E-state index contributed by atoms with van der Waals surface area (Å²) in [6, 6.07) is 5.47. The van der Waals surface area contributed by atoms with Gasteiger partial charge in [-0.25, -0.2) is 9.78 Å². The van der Waals surface area contributed by atoms with E-state index in [9.17, 15) is 9.59 Å². The fourth-order valence-corrected chi connectivity index (χ4v) is 3.00. The fraction of sp³-hybridized carbons (Fsp3) is 0.308. The van der Waals surface area contributed by atoms with E-state index in [0.29, 0.717) is 13.1 Å². The van der Waals surface area contributed by atoms with Gasteiger partial charge in [0.15, 0.2) is 0 Å². The Morgan fingerprint density at radius 2 is 2.40 bits per heavy atom. The Morgan fingerprint density at radius 1 is 1.55 bits per heavy atom. The molecule has 1 aromatic heterocycles. The van der Waals surface area contributed by atoms with Crippen LogP contribution in [0.1, 0.15) is 5.01 Å². The number of anilines is 1. The quantitative estimate of drug-likeness (QED) is 0.900. The van der Waals surface area contributed by atoms with Crippen molar-refractivity contribution in [3.63, 3.8) is 0 Å². The predicted molar refractivity (Wildman–Crippen MR) is 78.0 cm³/mol. The number of imide groups is 1. The number of benzene rings is 1. The molecular weight excluding hydrogens is 276 g/mol.